The number of carbonyl (C=O) groups is 1. The fourth-order valence-electron chi connectivity index (χ4n) is 3.76. The number of rotatable bonds is 6. The number of hydrogen-bond donors (Lipinski definition) is 0. The first-order valence-corrected chi connectivity index (χ1v) is 11.7. The van der Waals surface area contributed by atoms with Gasteiger partial charge in [0.25, 0.3) is 5.56 Å². The quantitative estimate of drug-likeness (QED) is 0.367. The van der Waals surface area contributed by atoms with Gasteiger partial charge in [-0.3, -0.25) is 24.3 Å². The van der Waals surface area contributed by atoms with Gasteiger partial charge in [-0.2, -0.15) is 4.31 Å². The summed E-state index contributed by atoms with van der Waals surface area (Å²) < 4.78 is 33.3. The van der Waals surface area contributed by atoms with E-state index in [1.54, 1.807) is 24.3 Å². The van der Waals surface area contributed by atoms with Crippen LogP contribution in [0.4, 0.5) is 5.69 Å². The number of para-hydroxylation sites is 1. The molecule has 1 aromatic heterocycles. The highest BCUT2D eigenvalue weighted by atomic mass is 32.2. The van der Waals surface area contributed by atoms with Gasteiger partial charge in [0.1, 0.15) is 6.54 Å². The third kappa shape index (κ3) is 4.34. The van der Waals surface area contributed by atoms with E-state index in [9.17, 15) is 28.1 Å². The Morgan fingerprint density at radius 1 is 1.15 bits per heavy atom. The number of aromatic nitrogens is 2. The molecule has 2 aromatic carbocycles. The number of carbonyl (C=O) groups excluding carboxylic acids is 1. The summed E-state index contributed by atoms with van der Waals surface area (Å²) in [6, 6.07) is 10.3. The van der Waals surface area contributed by atoms with Gasteiger partial charge in [0.15, 0.2) is 5.75 Å². The number of benzene rings is 2. The van der Waals surface area contributed by atoms with Crippen LogP contribution in [0.25, 0.3) is 10.9 Å². The zero-order valence-corrected chi connectivity index (χ0v) is 19.0. The normalized spacial score (nSPS) is 14.8. The van der Waals surface area contributed by atoms with E-state index in [1.807, 2.05) is 0 Å². The van der Waals surface area contributed by atoms with Crippen LogP contribution < -0.4 is 10.3 Å². The second kappa shape index (κ2) is 9.19. The number of nitrogens with zero attached hydrogens (tertiary/aromatic N) is 5. The molecule has 0 saturated carbocycles. The fraction of sp³-hybridized carbons (Fsp3) is 0.286. The molecule has 1 aliphatic rings. The molecule has 2 heterocycles. The summed E-state index contributed by atoms with van der Waals surface area (Å²) in [5.41, 5.74) is -0.248. The van der Waals surface area contributed by atoms with Crippen molar-refractivity contribution in [2.45, 2.75) is 11.4 Å². The summed E-state index contributed by atoms with van der Waals surface area (Å²) in [6.45, 7) is 0.0454. The number of methoxy groups -OCH3 is 1. The van der Waals surface area contributed by atoms with Gasteiger partial charge in [-0.05, 0) is 24.3 Å². The molecule has 0 bridgehead atoms. The minimum absolute atomic E-state index is 0.0127. The van der Waals surface area contributed by atoms with Gasteiger partial charge in [0.05, 0.1) is 34.2 Å². The molecule has 1 fully saturated rings. The Kier molecular flexibility index (Phi) is 6.30. The molecule has 0 atom stereocenters. The zero-order valence-electron chi connectivity index (χ0n) is 18.2. The van der Waals surface area contributed by atoms with Crippen molar-refractivity contribution in [1.29, 1.82) is 0 Å². The Labute approximate surface area is 194 Å². The maximum atomic E-state index is 13.0. The highest BCUT2D eigenvalue weighted by Gasteiger charge is 2.32. The van der Waals surface area contributed by atoms with Crippen molar-refractivity contribution in [2.24, 2.45) is 0 Å². The predicted molar refractivity (Wildman–Crippen MR) is 121 cm³/mol. The zero-order chi connectivity index (χ0) is 24.5. The molecule has 0 aliphatic carbocycles. The van der Waals surface area contributed by atoms with E-state index in [-0.39, 0.29) is 54.8 Å². The lowest BCUT2D eigenvalue weighted by molar-refractivity contribution is -0.386. The van der Waals surface area contributed by atoms with E-state index in [4.69, 9.17) is 4.74 Å². The van der Waals surface area contributed by atoms with Gasteiger partial charge in [-0.25, -0.2) is 13.4 Å². The van der Waals surface area contributed by atoms with E-state index in [1.165, 1.54) is 39.3 Å². The van der Waals surface area contributed by atoms with Crippen LogP contribution in [0.5, 0.6) is 5.75 Å². The van der Waals surface area contributed by atoms with Crippen LogP contribution in [0.2, 0.25) is 0 Å². The Morgan fingerprint density at radius 3 is 2.53 bits per heavy atom. The first-order chi connectivity index (χ1) is 16.2. The summed E-state index contributed by atoms with van der Waals surface area (Å²) in [5, 5.41) is 11.6. The molecular formula is C21H21N5O7S. The van der Waals surface area contributed by atoms with Crippen molar-refractivity contribution >= 4 is 32.5 Å². The Hall–Kier alpha value is -3.84. The molecule has 0 spiro atoms. The number of nitro benzene ring substituents is 1. The van der Waals surface area contributed by atoms with Gasteiger partial charge < -0.3 is 9.64 Å². The lowest BCUT2D eigenvalue weighted by Gasteiger charge is -2.34. The van der Waals surface area contributed by atoms with Crippen LogP contribution in [-0.2, 0) is 21.4 Å². The molecule has 0 N–H and O–H groups in total. The van der Waals surface area contributed by atoms with Gasteiger partial charge in [0.2, 0.25) is 15.9 Å². The minimum Gasteiger partial charge on any atom is -0.490 e. The second-order valence-corrected chi connectivity index (χ2v) is 9.51. The molecule has 1 aliphatic heterocycles. The number of hydrogen-bond acceptors (Lipinski definition) is 8. The first kappa shape index (κ1) is 23.3. The van der Waals surface area contributed by atoms with Crippen molar-refractivity contribution in [3.8, 4) is 5.75 Å². The minimum atomic E-state index is -4.01. The number of sulfonamides is 1. The van der Waals surface area contributed by atoms with E-state index in [0.29, 0.717) is 10.9 Å². The lowest BCUT2D eigenvalue weighted by Crippen LogP contribution is -2.51. The van der Waals surface area contributed by atoms with Gasteiger partial charge in [0, 0.05) is 32.2 Å². The second-order valence-electron chi connectivity index (χ2n) is 7.57. The van der Waals surface area contributed by atoms with Crippen LogP contribution in [-0.4, -0.2) is 71.3 Å². The molecule has 12 nitrogen and oxygen atoms in total. The molecule has 0 unspecified atom stereocenters. The largest absolute Gasteiger partial charge is 0.490 e. The van der Waals surface area contributed by atoms with Crippen molar-refractivity contribution in [2.75, 3.05) is 33.3 Å². The molecule has 178 valence electrons. The van der Waals surface area contributed by atoms with E-state index < -0.39 is 20.6 Å². The third-order valence-corrected chi connectivity index (χ3v) is 7.51. The van der Waals surface area contributed by atoms with E-state index in [2.05, 4.69) is 4.98 Å². The first-order valence-electron chi connectivity index (χ1n) is 10.3. The number of fused-ring (bicyclic) bond motifs is 1. The van der Waals surface area contributed by atoms with Crippen LogP contribution in [0.1, 0.15) is 0 Å². The topological polar surface area (TPSA) is 145 Å². The van der Waals surface area contributed by atoms with Gasteiger partial charge >= 0.3 is 5.69 Å². The smallest absolute Gasteiger partial charge is 0.312 e. The summed E-state index contributed by atoms with van der Waals surface area (Å²) in [6.07, 6.45) is 1.32. The molecule has 0 radical (unpaired) electrons. The maximum Gasteiger partial charge on any atom is 0.312 e. The molecule has 1 amide bonds. The van der Waals surface area contributed by atoms with Crippen molar-refractivity contribution < 1.29 is 22.9 Å². The highest BCUT2D eigenvalue weighted by Crippen LogP contribution is 2.30. The molecule has 4 rings (SSSR count). The number of amides is 1. The Morgan fingerprint density at radius 2 is 1.85 bits per heavy atom. The maximum absolute atomic E-state index is 13.0. The standard InChI is InChI=1S/C21H21N5O7S/c1-33-19-7-6-15(12-18(19)26(29)30)34(31,32)25-10-8-23(9-11-25)20(27)13-24-14-22-17-5-3-2-4-16(17)21(24)28/h2-7,12,14H,8-11,13H2,1H3. The lowest BCUT2D eigenvalue weighted by atomic mass is 10.2. The van der Waals surface area contributed by atoms with Crippen molar-refractivity contribution in [3.05, 3.63) is 69.3 Å². The van der Waals surface area contributed by atoms with Gasteiger partial charge in [-0.1, -0.05) is 12.1 Å². The SMILES string of the molecule is COc1ccc(S(=O)(=O)N2CCN(C(=O)Cn3cnc4ccccc4c3=O)CC2)cc1[N+](=O)[O-]. The average molecular weight is 487 g/mol. The number of piperazine rings is 1. The van der Waals surface area contributed by atoms with Crippen LogP contribution in [0, 0.1) is 10.1 Å². The summed E-state index contributed by atoms with van der Waals surface area (Å²) in [4.78, 5) is 41.4. The summed E-state index contributed by atoms with van der Waals surface area (Å²) in [5.74, 6) is -0.380. The molecule has 13 heteroatoms. The van der Waals surface area contributed by atoms with E-state index >= 15 is 0 Å². The van der Waals surface area contributed by atoms with Crippen LogP contribution in [0.15, 0.2) is 58.5 Å². The number of nitro groups is 1. The van der Waals surface area contributed by atoms with E-state index in [0.717, 1.165) is 6.07 Å². The molecular weight excluding hydrogens is 466 g/mol. The molecule has 34 heavy (non-hydrogen) atoms. The average Bonchev–Trinajstić information content (AvgIpc) is 2.85. The third-order valence-electron chi connectivity index (χ3n) is 5.61. The molecule has 3 aromatic rings. The van der Waals surface area contributed by atoms with Crippen LogP contribution >= 0.6 is 0 Å². The van der Waals surface area contributed by atoms with Gasteiger partial charge in [-0.15, -0.1) is 0 Å². The van der Waals surface area contributed by atoms with Crippen molar-refractivity contribution in [1.82, 2.24) is 18.8 Å². The summed E-state index contributed by atoms with van der Waals surface area (Å²) in [7, 11) is -2.75. The van der Waals surface area contributed by atoms with Crippen LogP contribution in [0.3, 0.4) is 0 Å². The van der Waals surface area contributed by atoms with Crippen molar-refractivity contribution in [3.63, 3.8) is 0 Å². The fourth-order valence-corrected chi connectivity index (χ4v) is 5.21. The monoisotopic (exact) mass is 487 g/mol. The number of ether oxygens (including phenoxy) is 1. The molecule has 1 saturated heterocycles. The Bertz CT molecular complexity index is 1430. The summed E-state index contributed by atoms with van der Waals surface area (Å²) >= 11 is 0. The predicted octanol–water partition coefficient (Wildman–Crippen LogP) is 0.846. The Balaban J connectivity index is 1.45. The highest BCUT2D eigenvalue weighted by molar-refractivity contribution is 7.89.